The lowest BCUT2D eigenvalue weighted by atomic mass is 9.90. The van der Waals surface area contributed by atoms with E-state index in [1.54, 1.807) is 0 Å². The molecular formula is C10H17ClO3S. The van der Waals surface area contributed by atoms with Gasteiger partial charge in [-0.3, -0.25) is 0 Å². The van der Waals surface area contributed by atoms with E-state index in [0.29, 0.717) is 12.7 Å². The lowest BCUT2D eigenvalue weighted by molar-refractivity contribution is 0.0468. The Balaban J connectivity index is 1.95. The molecule has 2 aliphatic carbocycles. The smallest absolute Gasteiger partial charge is 0.233 e. The molecule has 5 heteroatoms. The van der Waals surface area contributed by atoms with Crippen molar-refractivity contribution >= 4 is 19.7 Å². The molecule has 0 atom stereocenters. The van der Waals surface area contributed by atoms with Crippen LogP contribution >= 0.6 is 10.7 Å². The molecule has 0 N–H and O–H groups in total. The summed E-state index contributed by atoms with van der Waals surface area (Å²) in [5.41, 5.74) is -0.191. The molecule has 0 spiro atoms. The van der Waals surface area contributed by atoms with Crippen molar-refractivity contribution in [2.24, 2.45) is 5.41 Å². The summed E-state index contributed by atoms with van der Waals surface area (Å²) in [4.78, 5) is 0. The number of halogens is 1. The average molecular weight is 253 g/mol. The number of hydrogen-bond donors (Lipinski definition) is 0. The molecule has 2 rings (SSSR count). The van der Waals surface area contributed by atoms with Crippen molar-refractivity contribution in [2.75, 3.05) is 12.4 Å². The number of rotatable bonds is 5. The third-order valence-corrected chi connectivity index (χ3v) is 4.58. The van der Waals surface area contributed by atoms with E-state index >= 15 is 0 Å². The largest absolute Gasteiger partial charge is 0.378 e. The van der Waals surface area contributed by atoms with Crippen LogP contribution in [0.1, 0.15) is 38.5 Å². The van der Waals surface area contributed by atoms with Crippen molar-refractivity contribution in [1.29, 1.82) is 0 Å². The molecule has 0 heterocycles. The Bertz CT molecular complexity index is 316. The molecule has 0 aromatic heterocycles. The molecule has 3 nitrogen and oxygen atoms in total. The number of hydrogen-bond acceptors (Lipinski definition) is 3. The zero-order valence-corrected chi connectivity index (χ0v) is 10.3. The van der Waals surface area contributed by atoms with Crippen LogP contribution in [0.25, 0.3) is 0 Å². The summed E-state index contributed by atoms with van der Waals surface area (Å²) in [6.07, 6.45) is 6.71. The maximum absolute atomic E-state index is 11.2. The van der Waals surface area contributed by atoms with E-state index in [9.17, 15) is 8.42 Å². The van der Waals surface area contributed by atoms with E-state index < -0.39 is 9.05 Å². The quantitative estimate of drug-likeness (QED) is 0.705. The molecule has 2 saturated carbocycles. The molecule has 0 saturated heterocycles. The van der Waals surface area contributed by atoms with Gasteiger partial charge >= 0.3 is 0 Å². The van der Waals surface area contributed by atoms with E-state index in [-0.39, 0.29) is 11.2 Å². The first-order valence-electron chi connectivity index (χ1n) is 5.53. The van der Waals surface area contributed by atoms with Gasteiger partial charge in [0.25, 0.3) is 0 Å². The van der Waals surface area contributed by atoms with Gasteiger partial charge in [-0.05, 0) is 25.7 Å². The maximum Gasteiger partial charge on any atom is 0.233 e. The van der Waals surface area contributed by atoms with Crippen molar-refractivity contribution in [2.45, 2.75) is 44.6 Å². The Morgan fingerprint density at radius 3 is 2.33 bits per heavy atom. The summed E-state index contributed by atoms with van der Waals surface area (Å²) in [5.74, 6) is 0.0777. The fourth-order valence-electron chi connectivity index (χ4n) is 2.35. The summed E-state index contributed by atoms with van der Waals surface area (Å²) in [7, 11) is 1.95. The molecule has 15 heavy (non-hydrogen) atoms. The van der Waals surface area contributed by atoms with Gasteiger partial charge < -0.3 is 4.74 Å². The second-order valence-corrected chi connectivity index (χ2v) is 7.68. The maximum atomic E-state index is 11.2. The summed E-state index contributed by atoms with van der Waals surface area (Å²) in [6.45, 7) is 0.573. The van der Waals surface area contributed by atoms with E-state index in [2.05, 4.69) is 0 Å². The highest BCUT2D eigenvalue weighted by atomic mass is 35.7. The van der Waals surface area contributed by atoms with Crippen molar-refractivity contribution in [3.05, 3.63) is 0 Å². The van der Waals surface area contributed by atoms with Crippen LogP contribution in [0.15, 0.2) is 0 Å². The molecule has 0 unspecified atom stereocenters. The van der Waals surface area contributed by atoms with Crippen molar-refractivity contribution in [3.8, 4) is 0 Å². The van der Waals surface area contributed by atoms with Crippen LogP contribution in [0.3, 0.4) is 0 Å². The molecular weight excluding hydrogens is 236 g/mol. The van der Waals surface area contributed by atoms with Crippen LogP contribution < -0.4 is 0 Å². The Hall–Kier alpha value is 0.200. The molecule has 0 aliphatic heterocycles. The highest BCUT2D eigenvalue weighted by Crippen LogP contribution is 2.41. The molecule has 0 radical (unpaired) electrons. The Morgan fingerprint density at radius 1 is 1.27 bits per heavy atom. The Labute approximate surface area is 95.6 Å². The van der Waals surface area contributed by atoms with Crippen molar-refractivity contribution in [3.63, 3.8) is 0 Å². The predicted octanol–water partition coefficient (Wildman–Crippen LogP) is 2.29. The highest BCUT2D eigenvalue weighted by molar-refractivity contribution is 8.13. The van der Waals surface area contributed by atoms with Crippen LogP contribution in [0.4, 0.5) is 0 Å². The highest BCUT2D eigenvalue weighted by Gasteiger charge is 2.39. The fourth-order valence-corrected chi connectivity index (χ4v) is 4.15. The van der Waals surface area contributed by atoms with Gasteiger partial charge in [-0.2, -0.15) is 0 Å². The normalized spacial score (nSPS) is 25.7. The SMILES string of the molecule is O=S(=O)(Cl)CC1(COC2CC2)CCCC1. The third-order valence-electron chi connectivity index (χ3n) is 3.29. The van der Waals surface area contributed by atoms with Gasteiger partial charge in [0, 0.05) is 16.1 Å². The second-order valence-electron chi connectivity index (χ2n) is 4.90. The van der Waals surface area contributed by atoms with Crippen LogP contribution in [0, 0.1) is 5.41 Å². The average Bonchev–Trinajstić information content (AvgIpc) is 2.83. The summed E-state index contributed by atoms with van der Waals surface area (Å²) >= 11 is 0. The van der Waals surface area contributed by atoms with E-state index in [4.69, 9.17) is 15.4 Å². The zero-order chi connectivity index (χ0) is 10.9. The molecule has 0 bridgehead atoms. The first-order chi connectivity index (χ1) is 6.99. The van der Waals surface area contributed by atoms with Crippen LogP contribution in [-0.2, 0) is 13.8 Å². The minimum Gasteiger partial charge on any atom is -0.378 e. The lowest BCUT2D eigenvalue weighted by Gasteiger charge is -2.27. The van der Waals surface area contributed by atoms with Crippen LogP contribution in [0.2, 0.25) is 0 Å². The first kappa shape index (κ1) is 11.7. The van der Waals surface area contributed by atoms with Gasteiger partial charge in [0.1, 0.15) is 0 Å². The Kier molecular flexibility index (Phi) is 3.29. The monoisotopic (exact) mass is 252 g/mol. The molecule has 88 valence electrons. The zero-order valence-electron chi connectivity index (χ0n) is 8.75. The van der Waals surface area contributed by atoms with Crippen molar-refractivity contribution in [1.82, 2.24) is 0 Å². The minimum absolute atomic E-state index is 0.0777. The summed E-state index contributed by atoms with van der Waals surface area (Å²) in [6, 6.07) is 0. The molecule has 0 amide bonds. The van der Waals surface area contributed by atoms with Gasteiger partial charge in [-0.1, -0.05) is 12.8 Å². The summed E-state index contributed by atoms with van der Waals surface area (Å²) < 4.78 is 28.0. The van der Waals surface area contributed by atoms with Gasteiger partial charge in [-0.15, -0.1) is 0 Å². The standard InChI is InChI=1S/C10H17ClO3S/c11-15(12,13)8-10(5-1-2-6-10)7-14-9-3-4-9/h9H,1-8H2. The molecule has 0 aromatic carbocycles. The van der Waals surface area contributed by atoms with Gasteiger partial charge in [0.2, 0.25) is 9.05 Å². The van der Waals surface area contributed by atoms with Crippen molar-refractivity contribution < 1.29 is 13.2 Å². The van der Waals surface area contributed by atoms with Gasteiger partial charge in [0.05, 0.1) is 18.5 Å². The van der Waals surface area contributed by atoms with E-state index in [1.165, 1.54) is 0 Å². The minimum atomic E-state index is -3.40. The second kappa shape index (κ2) is 4.22. The lowest BCUT2D eigenvalue weighted by Crippen LogP contribution is -2.31. The van der Waals surface area contributed by atoms with Crippen LogP contribution in [-0.4, -0.2) is 26.9 Å². The fraction of sp³-hybridized carbons (Fsp3) is 1.00. The topological polar surface area (TPSA) is 43.4 Å². The van der Waals surface area contributed by atoms with Crippen LogP contribution in [0.5, 0.6) is 0 Å². The van der Waals surface area contributed by atoms with Gasteiger partial charge in [0.15, 0.2) is 0 Å². The van der Waals surface area contributed by atoms with E-state index in [0.717, 1.165) is 38.5 Å². The number of ether oxygens (including phenoxy) is 1. The molecule has 0 aromatic rings. The Morgan fingerprint density at radius 2 is 1.87 bits per heavy atom. The third kappa shape index (κ3) is 3.61. The van der Waals surface area contributed by atoms with Gasteiger partial charge in [-0.25, -0.2) is 8.42 Å². The first-order valence-corrected chi connectivity index (χ1v) is 8.01. The summed E-state index contributed by atoms with van der Waals surface area (Å²) in [5, 5.41) is 0. The molecule has 2 fully saturated rings. The molecule has 2 aliphatic rings. The van der Waals surface area contributed by atoms with E-state index in [1.807, 2.05) is 0 Å². The predicted molar refractivity (Wildman–Crippen MR) is 59.5 cm³/mol.